The van der Waals surface area contributed by atoms with Gasteiger partial charge in [0.05, 0.1) is 15.9 Å². The van der Waals surface area contributed by atoms with Crippen molar-refractivity contribution < 1.29 is 78.8 Å². The van der Waals surface area contributed by atoms with Crippen LogP contribution in [-0.4, -0.2) is 126 Å². The highest BCUT2D eigenvalue weighted by atomic mass is 16.8. The molecule has 96 heavy (non-hydrogen) atoms. The SMILES string of the molecule is CCCCCCC(O)CCCCCCCCCCC(=O)OCC(CO)([N+](=O)OC(CCCCCC)CCCCCCCCCCC(=O)OC(CCCCCC)CCCCCCCCCCC(=O)O)C(CO)(CO)[N+](=O)OC(CCCCCC)CCCCCCCCCCC(=O)O. The molecule has 0 aliphatic heterocycles. The molecule has 0 amide bonds. The van der Waals surface area contributed by atoms with Gasteiger partial charge in [-0.25, -0.2) is 9.68 Å². The van der Waals surface area contributed by atoms with Crippen molar-refractivity contribution in [1.82, 2.24) is 0 Å². The van der Waals surface area contributed by atoms with E-state index in [-0.39, 0.29) is 47.3 Å². The quantitative estimate of drug-likeness (QED) is 0.0188. The van der Waals surface area contributed by atoms with E-state index in [0.29, 0.717) is 44.9 Å². The van der Waals surface area contributed by atoms with Gasteiger partial charge in [0.15, 0.2) is 18.8 Å². The molecule has 18 heteroatoms. The molecule has 18 nitrogen and oxygen atoms in total. The van der Waals surface area contributed by atoms with E-state index in [9.17, 15) is 44.5 Å². The Labute approximate surface area is 584 Å². The predicted molar refractivity (Wildman–Crippen MR) is 386 cm³/mol. The van der Waals surface area contributed by atoms with Crippen LogP contribution in [0.2, 0.25) is 0 Å². The molecule has 0 spiro atoms. The summed E-state index contributed by atoms with van der Waals surface area (Å²) in [5, 5.41) is 62.5. The maximum atomic E-state index is 15.1. The van der Waals surface area contributed by atoms with Crippen molar-refractivity contribution in [2.75, 3.05) is 26.4 Å². The highest BCUT2D eigenvalue weighted by molar-refractivity contribution is 5.70. The van der Waals surface area contributed by atoms with Crippen LogP contribution in [0.25, 0.3) is 0 Å². The maximum absolute atomic E-state index is 15.1. The minimum atomic E-state index is -2.54. The normalized spacial score (nSPS) is 13.6. The molecule has 0 radical (unpaired) electrons. The summed E-state index contributed by atoms with van der Waals surface area (Å²) in [6.45, 7) is 4.40. The molecule has 0 bridgehead atoms. The van der Waals surface area contributed by atoms with Gasteiger partial charge in [0, 0.05) is 25.7 Å². The van der Waals surface area contributed by atoms with Gasteiger partial charge in [-0.2, -0.15) is 0 Å². The van der Waals surface area contributed by atoms with E-state index < -0.39 is 67.6 Å². The van der Waals surface area contributed by atoms with Crippen LogP contribution < -0.4 is 0 Å². The fourth-order valence-electron chi connectivity index (χ4n) is 13.2. The zero-order valence-corrected chi connectivity index (χ0v) is 62.2. The van der Waals surface area contributed by atoms with Crippen LogP contribution in [0.15, 0.2) is 0 Å². The van der Waals surface area contributed by atoms with Crippen LogP contribution in [0.1, 0.15) is 413 Å². The molecule has 0 aromatic heterocycles. The Morgan fingerprint density at radius 3 is 0.844 bits per heavy atom. The second kappa shape index (κ2) is 66.1. The molecule has 566 valence electrons. The monoisotopic (exact) mass is 1370 g/mol. The molecule has 0 saturated carbocycles. The van der Waals surface area contributed by atoms with Crippen molar-refractivity contribution in [3.63, 3.8) is 0 Å². The van der Waals surface area contributed by atoms with Crippen molar-refractivity contribution in [3.8, 4) is 0 Å². The van der Waals surface area contributed by atoms with Crippen molar-refractivity contribution in [2.24, 2.45) is 0 Å². The molecule has 6 N–H and O–H groups in total. The Kier molecular flexibility index (Phi) is 63.7. The van der Waals surface area contributed by atoms with E-state index in [1.807, 2.05) is 0 Å². The van der Waals surface area contributed by atoms with Crippen molar-refractivity contribution in [1.29, 1.82) is 0 Å². The van der Waals surface area contributed by atoms with E-state index in [0.717, 1.165) is 295 Å². The Hall–Kier alpha value is -3.48. The lowest BCUT2D eigenvalue weighted by atomic mass is 9.79. The number of carbonyl (C=O) groups is 4. The van der Waals surface area contributed by atoms with Gasteiger partial charge in [0.25, 0.3) is 0 Å². The van der Waals surface area contributed by atoms with Gasteiger partial charge >= 0.3 is 35.0 Å². The van der Waals surface area contributed by atoms with Gasteiger partial charge < -0.3 is 40.1 Å². The van der Waals surface area contributed by atoms with Gasteiger partial charge in [0.1, 0.15) is 25.9 Å². The number of carboxylic acid groups (broad SMARTS) is 2. The number of hydrogen-bond acceptors (Lipinski definition) is 14. The molecular weight excluding hydrogens is 1220 g/mol. The standard InChI is InChI=1S/C78H148N2O16/c1-5-9-13-41-53-69(84)54-42-33-25-17-23-31-39-51-63-75(89)93-68-78(67-83,77(65-81,66-82)79(91)95-71(57-44-15-11-7-3)59-47-35-27-19-22-30-38-50-62-74(87)88)80(92)96-72(58-45-16-12-8-4)60-48-36-28-20-24-32-40-52-64-76(90)94-70(55-43-14-10-6-2)56-46-34-26-18-21-29-37-49-61-73(85)86/h69-72,81-84H,5-68H2,1-4H3/p+2. The third-order valence-corrected chi connectivity index (χ3v) is 19.8. The average molecular weight is 1370 g/mol. The minimum Gasteiger partial charge on any atom is -0.481 e. The van der Waals surface area contributed by atoms with E-state index in [1.54, 1.807) is 0 Å². The molecule has 0 aromatic carbocycles. The molecule has 5 atom stereocenters. The number of unbranched alkanes of at least 4 members (excludes halogenated alkanes) is 40. The summed E-state index contributed by atoms with van der Waals surface area (Å²) in [7, 11) is 0. The first-order valence-electron chi connectivity index (χ1n) is 40.2. The minimum absolute atomic E-state index is 0.0248. The van der Waals surface area contributed by atoms with E-state index >= 15 is 4.91 Å². The molecule has 0 fully saturated rings. The van der Waals surface area contributed by atoms with Crippen LogP contribution in [-0.2, 0) is 38.3 Å². The summed E-state index contributed by atoms with van der Waals surface area (Å²) in [6, 6.07) is 0. The summed E-state index contributed by atoms with van der Waals surface area (Å²) >= 11 is 0. The first-order valence-corrected chi connectivity index (χ1v) is 40.2. The third-order valence-electron chi connectivity index (χ3n) is 19.8. The molecular formula is C78H150N2O16+2. The number of esters is 2. The van der Waals surface area contributed by atoms with Crippen LogP contribution >= 0.6 is 0 Å². The largest absolute Gasteiger partial charge is 0.481 e. The lowest BCUT2D eigenvalue weighted by Crippen LogP contribution is -2.73. The van der Waals surface area contributed by atoms with Crippen LogP contribution in [0.3, 0.4) is 0 Å². The number of nitrogens with zero attached hydrogens (tertiary/aromatic N) is 2. The van der Waals surface area contributed by atoms with E-state index in [1.165, 1.54) is 25.7 Å². The summed E-state index contributed by atoms with van der Waals surface area (Å²) in [6.07, 6.45) is 52.0. The summed E-state index contributed by atoms with van der Waals surface area (Å²) in [5.41, 5.74) is -5.06. The molecule has 0 heterocycles. The first-order chi connectivity index (χ1) is 46.6. The predicted octanol–water partition coefficient (Wildman–Crippen LogP) is 20.1. The van der Waals surface area contributed by atoms with Crippen LogP contribution in [0.4, 0.5) is 0 Å². The zero-order chi connectivity index (χ0) is 70.9. The molecule has 0 rings (SSSR count). The number of ether oxygens (including phenoxy) is 2. The third kappa shape index (κ3) is 49.9. The maximum Gasteiger partial charge on any atom is 0.398 e. The van der Waals surface area contributed by atoms with Crippen LogP contribution in [0, 0.1) is 9.81 Å². The van der Waals surface area contributed by atoms with Gasteiger partial charge in [0.2, 0.25) is 9.85 Å². The van der Waals surface area contributed by atoms with Gasteiger partial charge in [-0.05, 0) is 116 Å². The van der Waals surface area contributed by atoms with Crippen molar-refractivity contribution in [3.05, 3.63) is 9.81 Å². The van der Waals surface area contributed by atoms with E-state index in [4.69, 9.17) is 29.4 Å². The summed E-state index contributed by atoms with van der Waals surface area (Å²) < 4.78 is 11.9. The second-order valence-corrected chi connectivity index (χ2v) is 28.6. The fraction of sp³-hybridized carbons (Fsp3) is 0.949. The lowest BCUT2D eigenvalue weighted by molar-refractivity contribution is -0.938. The number of aliphatic carboxylic acids is 2. The average Bonchev–Trinajstić information content (AvgIpc) is 0.748. The Morgan fingerprint density at radius 2 is 0.552 bits per heavy atom. The van der Waals surface area contributed by atoms with Crippen molar-refractivity contribution >= 4 is 23.9 Å². The van der Waals surface area contributed by atoms with Gasteiger partial charge in [-0.15, -0.1) is 0 Å². The number of carboxylic acids is 2. The zero-order valence-electron chi connectivity index (χ0n) is 62.2. The highest BCUT2D eigenvalue weighted by Gasteiger charge is 2.79. The molecule has 0 saturated heterocycles. The first kappa shape index (κ1) is 92.5. The molecule has 0 aliphatic carbocycles. The number of aliphatic hydroxyl groups excluding tert-OH is 4. The van der Waals surface area contributed by atoms with Gasteiger partial charge in [-0.3, -0.25) is 19.2 Å². The second-order valence-electron chi connectivity index (χ2n) is 28.6. The molecule has 0 aromatic rings. The smallest absolute Gasteiger partial charge is 0.398 e. The summed E-state index contributed by atoms with van der Waals surface area (Å²) in [4.78, 5) is 91.0. The van der Waals surface area contributed by atoms with Crippen molar-refractivity contribution in [2.45, 2.75) is 448 Å². The Bertz CT molecular complexity index is 1840. The van der Waals surface area contributed by atoms with Crippen LogP contribution in [0.5, 0.6) is 0 Å². The molecule has 5 unspecified atom stereocenters. The highest BCUT2D eigenvalue weighted by Crippen LogP contribution is 2.34. The number of hydrogen-bond donors (Lipinski definition) is 6. The fourth-order valence-corrected chi connectivity index (χ4v) is 13.2. The van der Waals surface area contributed by atoms with Gasteiger partial charge in [-0.1, -0.05) is 272 Å². The summed E-state index contributed by atoms with van der Waals surface area (Å²) in [5.74, 6) is -2.23. The molecule has 0 aliphatic rings. The number of aliphatic hydroxyl groups is 4. The Morgan fingerprint density at radius 1 is 0.312 bits per heavy atom. The number of rotatable bonds is 77. The topological polar surface area (TPSA) is 267 Å². The Balaban J connectivity index is 6.01. The van der Waals surface area contributed by atoms with E-state index in [2.05, 4.69) is 27.7 Å². The lowest BCUT2D eigenvalue weighted by Gasteiger charge is -2.31. The number of carbonyl (C=O) groups excluding carboxylic acids is 2.